The van der Waals surface area contributed by atoms with Crippen LogP contribution < -0.4 is 5.32 Å². The normalized spacial score (nSPS) is 9.82. The minimum absolute atomic E-state index is 0. The highest BCUT2D eigenvalue weighted by molar-refractivity contribution is 6.30. The summed E-state index contributed by atoms with van der Waals surface area (Å²) < 4.78 is 1.67. The minimum atomic E-state index is 0. The van der Waals surface area contributed by atoms with E-state index < -0.39 is 0 Å². The van der Waals surface area contributed by atoms with Gasteiger partial charge in [-0.15, -0.1) is 12.4 Å². The maximum Gasteiger partial charge on any atom is 0.224 e. The first-order valence-electron chi connectivity index (χ1n) is 5.20. The molecule has 5 nitrogen and oxygen atoms in total. The molecule has 1 N–H and O–H groups in total. The van der Waals surface area contributed by atoms with E-state index in [2.05, 4.69) is 10.4 Å². The number of nitrogens with zero attached hydrogens (tertiary/aromatic N) is 3. The molecule has 0 saturated carbocycles. The first-order chi connectivity index (χ1) is 7.63. The summed E-state index contributed by atoms with van der Waals surface area (Å²) in [5.41, 5.74) is 0. The van der Waals surface area contributed by atoms with Gasteiger partial charge >= 0.3 is 0 Å². The second-order valence-corrected chi connectivity index (χ2v) is 4.03. The Morgan fingerprint density at radius 2 is 2.35 bits per heavy atom. The summed E-state index contributed by atoms with van der Waals surface area (Å²) in [6, 6.07) is 0. The Kier molecular flexibility index (Phi) is 7.95. The Morgan fingerprint density at radius 3 is 2.88 bits per heavy atom. The molecule has 0 radical (unpaired) electrons. The predicted octanol–water partition coefficient (Wildman–Crippen LogP) is 1.03. The lowest BCUT2D eigenvalue weighted by Gasteiger charge is -2.16. The van der Waals surface area contributed by atoms with Gasteiger partial charge in [0.15, 0.2) is 0 Å². The second-order valence-electron chi connectivity index (χ2n) is 3.59. The average Bonchev–Trinajstić information content (AvgIpc) is 2.68. The maximum atomic E-state index is 11.7. The fraction of sp³-hybridized carbons (Fsp3) is 0.600. The molecular formula is C10H18Cl2N4O. The lowest BCUT2D eigenvalue weighted by atomic mass is 10.3. The van der Waals surface area contributed by atoms with E-state index in [1.54, 1.807) is 29.0 Å². The molecule has 0 fully saturated rings. The monoisotopic (exact) mass is 280 g/mol. The van der Waals surface area contributed by atoms with Crippen molar-refractivity contribution in [3.8, 4) is 0 Å². The molecule has 1 rings (SSSR count). The van der Waals surface area contributed by atoms with Crippen LogP contribution in [-0.4, -0.2) is 47.8 Å². The van der Waals surface area contributed by atoms with Gasteiger partial charge in [-0.2, -0.15) is 5.10 Å². The van der Waals surface area contributed by atoms with Crippen LogP contribution >= 0.6 is 24.0 Å². The van der Waals surface area contributed by atoms with Gasteiger partial charge < -0.3 is 10.2 Å². The van der Waals surface area contributed by atoms with Gasteiger partial charge in [-0.3, -0.25) is 9.48 Å². The second kappa shape index (κ2) is 8.33. The highest BCUT2D eigenvalue weighted by Gasteiger charge is 2.08. The molecule has 0 unspecified atom stereocenters. The number of likely N-dealkylation sites (N-methyl/N-ethyl adjacent to an activating group) is 2. The Labute approximate surface area is 113 Å². The average molecular weight is 281 g/mol. The number of hydrogen-bond donors (Lipinski definition) is 1. The van der Waals surface area contributed by atoms with Crippen LogP contribution in [-0.2, 0) is 11.3 Å². The highest BCUT2D eigenvalue weighted by Crippen LogP contribution is 2.05. The number of rotatable bonds is 6. The molecule has 1 aromatic rings. The van der Waals surface area contributed by atoms with Crippen LogP contribution in [0.3, 0.4) is 0 Å². The molecule has 0 aliphatic carbocycles. The maximum absolute atomic E-state index is 11.7. The van der Waals surface area contributed by atoms with E-state index in [-0.39, 0.29) is 18.3 Å². The van der Waals surface area contributed by atoms with Crippen molar-refractivity contribution in [1.82, 2.24) is 20.0 Å². The third-order valence-electron chi connectivity index (χ3n) is 2.28. The zero-order chi connectivity index (χ0) is 12.0. The number of nitrogens with one attached hydrogen (secondary N) is 1. The van der Waals surface area contributed by atoms with Crippen molar-refractivity contribution < 1.29 is 4.79 Å². The van der Waals surface area contributed by atoms with E-state index in [1.807, 2.05) is 7.05 Å². The van der Waals surface area contributed by atoms with Crippen LogP contribution in [0.5, 0.6) is 0 Å². The number of carbonyl (C=O) groups excluding carboxylic acids is 1. The van der Waals surface area contributed by atoms with Crippen LogP contribution in [0.4, 0.5) is 0 Å². The van der Waals surface area contributed by atoms with Crippen molar-refractivity contribution in [3.05, 3.63) is 17.4 Å². The standard InChI is InChI=1S/C10H17ClN4O.ClH/c1-12-4-6-14(2)10(16)3-5-15-8-9(11)7-13-15;/h7-8,12H,3-6H2,1-2H3;1H. The Balaban J connectivity index is 0.00000256. The summed E-state index contributed by atoms with van der Waals surface area (Å²) in [4.78, 5) is 13.4. The molecule has 1 aromatic heterocycles. The number of aromatic nitrogens is 2. The summed E-state index contributed by atoms with van der Waals surface area (Å²) >= 11 is 5.72. The van der Waals surface area contributed by atoms with Crippen LogP contribution in [0.1, 0.15) is 6.42 Å². The number of hydrogen-bond acceptors (Lipinski definition) is 3. The molecule has 1 heterocycles. The first kappa shape index (κ1) is 16.2. The van der Waals surface area contributed by atoms with E-state index in [0.717, 1.165) is 13.1 Å². The molecular weight excluding hydrogens is 263 g/mol. The van der Waals surface area contributed by atoms with Crippen LogP contribution in [0, 0.1) is 0 Å². The summed E-state index contributed by atoms with van der Waals surface area (Å²) in [6.07, 6.45) is 3.72. The molecule has 0 saturated heterocycles. The van der Waals surface area contributed by atoms with Crippen molar-refractivity contribution in [2.45, 2.75) is 13.0 Å². The Bertz CT molecular complexity index is 343. The van der Waals surface area contributed by atoms with Crippen molar-refractivity contribution in [2.24, 2.45) is 0 Å². The summed E-state index contributed by atoms with van der Waals surface area (Å²) in [5, 5.41) is 7.61. The molecule has 17 heavy (non-hydrogen) atoms. The van der Waals surface area contributed by atoms with Gasteiger partial charge in [0.1, 0.15) is 0 Å². The number of carbonyl (C=O) groups is 1. The van der Waals surface area contributed by atoms with Crippen LogP contribution in [0.15, 0.2) is 12.4 Å². The van der Waals surface area contributed by atoms with Gasteiger partial charge in [0.2, 0.25) is 5.91 Å². The minimum Gasteiger partial charge on any atom is -0.344 e. The smallest absolute Gasteiger partial charge is 0.224 e. The van der Waals surface area contributed by atoms with Gasteiger partial charge in [0.05, 0.1) is 11.2 Å². The molecule has 0 aromatic carbocycles. The van der Waals surface area contributed by atoms with Gasteiger partial charge in [0.25, 0.3) is 0 Å². The fourth-order valence-electron chi connectivity index (χ4n) is 1.27. The summed E-state index contributed by atoms with van der Waals surface area (Å²) in [6.45, 7) is 2.08. The lowest BCUT2D eigenvalue weighted by Crippen LogP contribution is -2.33. The van der Waals surface area contributed by atoms with Gasteiger partial charge in [-0.1, -0.05) is 11.6 Å². The summed E-state index contributed by atoms with van der Waals surface area (Å²) in [5.74, 6) is 0.113. The molecule has 1 amide bonds. The Hall–Kier alpha value is -0.780. The zero-order valence-corrected chi connectivity index (χ0v) is 11.6. The van der Waals surface area contributed by atoms with E-state index >= 15 is 0 Å². The third-order valence-corrected chi connectivity index (χ3v) is 2.47. The predicted molar refractivity (Wildman–Crippen MR) is 70.7 cm³/mol. The third kappa shape index (κ3) is 5.91. The molecule has 0 atom stereocenters. The van der Waals surface area contributed by atoms with Gasteiger partial charge in [0, 0.05) is 39.3 Å². The lowest BCUT2D eigenvalue weighted by molar-refractivity contribution is -0.130. The molecule has 0 aliphatic heterocycles. The topological polar surface area (TPSA) is 50.2 Å². The largest absolute Gasteiger partial charge is 0.344 e. The van der Waals surface area contributed by atoms with Crippen LogP contribution in [0.2, 0.25) is 5.02 Å². The van der Waals surface area contributed by atoms with Crippen LogP contribution in [0.25, 0.3) is 0 Å². The molecule has 0 aliphatic rings. The highest BCUT2D eigenvalue weighted by atomic mass is 35.5. The first-order valence-corrected chi connectivity index (χ1v) is 5.58. The van der Waals surface area contributed by atoms with E-state index in [0.29, 0.717) is 18.0 Å². The van der Waals surface area contributed by atoms with E-state index in [1.165, 1.54) is 0 Å². The van der Waals surface area contributed by atoms with E-state index in [4.69, 9.17) is 11.6 Å². The quantitative estimate of drug-likeness (QED) is 0.847. The van der Waals surface area contributed by atoms with Crippen molar-refractivity contribution >= 4 is 29.9 Å². The van der Waals surface area contributed by atoms with Crippen molar-refractivity contribution in [1.29, 1.82) is 0 Å². The molecule has 0 spiro atoms. The summed E-state index contributed by atoms with van der Waals surface area (Å²) in [7, 11) is 3.67. The number of halogens is 2. The molecule has 0 bridgehead atoms. The van der Waals surface area contributed by atoms with E-state index in [9.17, 15) is 4.79 Å². The SMILES string of the molecule is CNCCN(C)C(=O)CCn1cc(Cl)cn1.Cl. The molecule has 98 valence electrons. The van der Waals surface area contributed by atoms with Gasteiger partial charge in [-0.25, -0.2) is 0 Å². The number of amides is 1. The van der Waals surface area contributed by atoms with Crippen molar-refractivity contribution in [3.63, 3.8) is 0 Å². The Morgan fingerprint density at radius 1 is 1.65 bits per heavy atom. The van der Waals surface area contributed by atoms with Gasteiger partial charge in [-0.05, 0) is 7.05 Å². The fourth-order valence-corrected chi connectivity index (χ4v) is 1.42. The van der Waals surface area contributed by atoms with Crippen molar-refractivity contribution in [2.75, 3.05) is 27.2 Å². The molecule has 7 heteroatoms. The number of aryl methyl sites for hydroxylation is 1. The zero-order valence-electron chi connectivity index (χ0n) is 10.0.